The quantitative estimate of drug-likeness (QED) is 0.605. The average molecular weight is 166 g/mol. The van der Waals surface area contributed by atoms with E-state index in [4.69, 9.17) is 0 Å². The average Bonchev–Trinajstić information content (AvgIpc) is 2.06. The molecule has 1 aromatic rings. The molecule has 0 saturated carbocycles. The summed E-state index contributed by atoms with van der Waals surface area (Å²) < 4.78 is 0. The number of hydrogen-bond donors (Lipinski definition) is 0. The minimum Gasteiger partial charge on any atom is -0.137 e. The lowest BCUT2D eigenvalue weighted by Crippen LogP contribution is -1.92. The van der Waals surface area contributed by atoms with Gasteiger partial charge in [-0.05, 0) is 30.1 Å². The smallest absolute Gasteiger partial charge is 0.0241 e. The predicted molar refractivity (Wildman–Crippen MR) is 54.1 cm³/mol. The van der Waals surface area contributed by atoms with Crippen molar-refractivity contribution in [1.82, 2.24) is 0 Å². The standard InChI is InChI=1S/C10H15P/c1-2-9-5-3-4-6-10(9)7-8-11/h3-6H,2,7-8,11H2,1H3. The van der Waals surface area contributed by atoms with E-state index in [1.165, 1.54) is 17.5 Å². The fourth-order valence-corrected chi connectivity index (χ4v) is 1.61. The summed E-state index contributed by atoms with van der Waals surface area (Å²) in [7, 11) is 2.77. The van der Waals surface area contributed by atoms with Crippen molar-refractivity contribution >= 4 is 9.24 Å². The lowest BCUT2D eigenvalue weighted by molar-refractivity contribution is 1.05. The van der Waals surface area contributed by atoms with Crippen LogP contribution in [0.4, 0.5) is 0 Å². The SMILES string of the molecule is CCc1ccccc1CCP. The number of benzene rings is 1. The minimum atomic E-state index is 1.15. The molecule has 0 bridgehead atoms. The van der Waals surface area contributed by atoms with Gasteiger partial charge in [0.05, 0.1) is 0 Å². The summed E-state index contributed by atoms with van der Waals surface area (Å²) in [4.78, 5) is 0. The topological polar surface area (TPSA) is 0 Å². The molecule has 0 aliphatic heterocycles. The number of rotatable bonds is 3. The van der Waals surface area contributed by atoms with Gasteiger partial charge in [-0.3, -0.25) is 0 Å². The summed E-state index contributed by atoms with van der Waals surface area (Å²) >= 11 is 0. The Morgan fingerprint density at radius 2 is 1.82 bits per heavy atom. The van der Waals surface area contributed by atoms with Crippen LogP contribution in [0.1, 0.15) is 18.1 Å². The Morgan fingerprint density at radius 3 is 2.36 bits per heavy atom. The Morgan fingerprint density at radius 1 is 1.18 bits per heavy atom. The number of aryl methyl sites for hydroxylation is 2. The van der Waals surface area contributed by atoms with Crippen LogP contribution >= 0.6 is 9.24 Å². The molecule has 0 fully saturated rings. The zero-order valence-electron chi connectivity index (χ0n) is 7.01. The molecule has 0 aliphatic rings. The van der Waals surface area contributed by atoms with Crippen molar-refractivity contribution in [3.05, 3.63) is 35.4 Å². The second-order valence-electron chi connectivity index (χ2n) is 2.66. The van der Waals surface area contributed by atoms with E-state index in [0.29, 0.717) is 0 Å². The lowest BCUT2D eigenvalue weighted by atomic mass is 10.0. The maximum Gasteiger partial charge on any atom is -0.0241 e. The molecule has 0 spiro atoms. The molecule has 0 aliphatic carbocycles. The Labute approximate surface area is 71.2 Å². The second-order valence-corrected chi connectivity index (χ2v) is 3.24. The molecule has 0 saturated heterocycles. The fraction of sp³-hybridized carbons (Fsp3) is 0.400. The highest BCUT2D eigenvalue weighted by atomic mass is 31.0. The molecule has 0 nitrogen and oxygen atoms in total. The van der Waals surface area contributed by atoms with Gasteiger partial charge in [0.25, 0.3) is 0 Å². The van der Waals surface area contributed by atoms with Crippen molar-refractivity contribution in [2.75, 3.05) is 6.16 Å². The molecule has 1 rings (SSSR count). The van der Waals surface area contributed by atoms with Gasteiger partial charge in [-0.25, -0.2) is 0 Å². The highest BCUT2D eigenvalue weighted by Crippen LogP contribution is 2.10. The van der Waals surface area contributed by atoms with Crippen LogP contribution in [-0.4, -0.2) is 6.16 Å². The monoisotopic (exact) mass is 166 g/mol. The first kappa shape index (κ1) is 8.74. The predicted octanol–water partition coefficient (Wildman–Crippen LogP) is 2.67. The van der Waals surface area contributed by atoms with E-state index in [9.17, 15) is 0 Å². The van der Waals surface area contributed by atoms with Gasteiger partial charge in [0, 0.05) is 0 Å². The third-order valence-corrected chi connectivity index (χ3v) is 2.20. The Balaban J connectivity index is 2.83. The molecular weight excluding hydrogens is 151 g/mol. The molecule has 1 heteroatoms. The van der Waals surface area contributed by atoms with Crippen molar-refractivity contribution in [3.8, 4) is 0 Å². The zero-order chi connectivity index (χ0) is 8.10. The molecule has 0 N–H and O–H groups in total. The third kappa shape index (κ3) is 2.31. The molecule has 0 radical (unpaired) electrons. The number of hydrogen-bond acceptors (Lipinski definition) is 0. The van der Waals surface area contributed by atoms with Crippen LogP contribution < -0.4 is 0 Å². The molecule has 1 unspecified atom stereocenters. The van der Waals surface area contributed by atoms with Gasteiger partial charge in [0.2, 0.25) is 0 Å². The molecular formula is C10H15P. The molecule has 0 heterocycles. The summed E-state index contributed by atoms with van der Waals surface area (Å²) in [5, 5.41) is 0. The second kappa shape index (κ2) is 4.51. The first-order chi connectivity index (χ1) is 5.38. The molecule has 60 valence electrons. The first-order valence-corrected chi connectivity index (χ1v) is 4.97. The van der Waals surface area contributed by atoms with Gasteiger partial charge in [-0.2, -0.15) is 0 Å². The maximum atomic E-state index is 2.77. The van der Waals surface area contributed by atoms with Crippen LogP contribution in [0.15, 0.2) is 24.3 Å². The fourth-order valence-electron chi connectivity index (χ4n) is 1.30. The van der Waals surface area contributed by atoms with Crippen LogP contribution in [0.5, 0.6) is 0 Å². The van der Waals surface area contributed by atoms with Crippen LogP contribution in [0.2, 0.25) is 0 Å². The summed E-state index contributed by atoms with van der Waals surface area (Å²) in [6, 6.07) is 8.68. The first-order valence-electron chi connectivity index (χ1n) is 4.15. The summed E-state index contributed by atoms with van der Waals surface area (Å²) in [5.74, 6) is 0. The van der Waals surface area contributed by atoms with E-state index in [1.807, 2.05) is 0 Å². The third-order valence-electron chi connectivity index (χ3n) is 1.91. The highest BCUT2D eigenvalue weighted by molar-refractivity contribution is 7.16. The normalized spacial score (nSPS) is 10.0. The summed E-state index contributed by atoms with van der Waals surface area (Å²) in [5.41, 5.74) is 3.00. The minimum absolute atomic E-state index is 1.15. The van der Waals surface area contributed by atoms with Gasteiger partial charge in [0.15, 0.2) is 0 Å². The van der Waals surface area contributed by atoms with Gasteiger partial charge >= 0.3 is 0 Å². The van der Waals surface area contributed by atoms with Gasteiger partial charge in [-0.15, -0.1) is 9.24 Å². The lowest BCUT2D eigenvalue weighted by Gasteiger charge is -2.04. The van der Waals surface area contributed by atoms with Crippen LogP contribution in [0.3, 0.4) is 0 Å². The van der Waals surface area contributed by atoms with E-state index in [2.05, 4.69) is 40.4 Å². The van der Waals surface area contributed by atoms with Gasteiger partial charge < -0.3 is 0 Å². The highest BCUT2D eigenvalue weighted by Gasteiger charge is 1.96. The van der Waals surface area contributed by atoms with E-state index in [1.54, 1.807) is 0 Å². The van der Waals surface area contributed by atoms with Crippen molar-refractivity contribution < 1.29 is 0 Å². The van der Waals surface area contributed by atoms with Crippen molar-refractivity contribution in [2.24, 2.45) is 0 Å². The van der Waals surface area contributed by atoms with Crippen LogP contribution in [0.25, 0.3) is 0 Å². The Bertz CT molecular complexity index is 218. The van der Waals surface area contributed by atoms with Crippen LogP contribution in [-0.2, 0) is 12.8 Å². The van der Waals surface area contributed by atoms with E-state index < -0.39 is 0 Å². The van der Waals surface area contributed by atoms with Gasteiger partial charge in [0.1, 0.15) is 0 Å². The maximum absolute atomic E-state index is 2.77. The van der Waals surface area contributed by atoms with Crippen molar-refractivity contribution in [3.63, 3.8) is 0 Å². The van der Waals surface area contributed by atoms with Gasteiger partial charge in [-0.1, -0.05) is 31.2 Å². The molecule has 11 heavy (non-hydrogen) atoms. The van der Waals surface area contributed by atoms with E-state index in [0.717, 1.165) is 12.6 Å². The summed E-state index contributed by atoms with van der Waals surface area (Å²) in [6.45, 7) is 2.21. The zero-order valence-corrected chi connectivity index (χ0v) is 8.16. The molecule has 1 aromatic carbocycles. The Kier molecular flexibility index (Phi) is 3.59. The van der Waals surface area contributed by atoms with E-state index >= 15 is 0 Å². The summed E-state index contributed by atoms with van der Waals surface area (Å²) in [6.07, 6.45) is 3.51. The molecule has 1 atom stereocenters. The molecule has 0 amide bonds. The van der Waals surface area contributed by atoms with Crippen LogP contribution in [0, 0.1) is 0 Å². The van der Waals surface area contributed by atoms with Crippen molar-refractivity contribution in [1.29, 1.82) is 0 Å². The van der Waals surface area contributed by atoms with Crippen molar-refractivity contribution in [2.45, 2.75) is 19.8 Å². The Hall–Kier alpha value is -0.350. The molecule has 0 aromatic heterocycles. The van der Waals surface area contributed by atoms with E-state index in [-0.39, 0.29) is 0 Å². The largest absolute Gasteiger partial charge is 0.137 e.